The van der Waals surface area contributed by atoms with Crippen molar-refractivity contribution < 1.29 is 4.79 Å². The van der Waals surface area contributed by atoms with Crippen LogP contribution in [0.5, 0.6) is 0 Å². The normalized spacial score (nSPS) is 10.6. The summed E-state index contributed by atoms with van der Waals surface area (Å²) in [6.45, 7) is 1.97. The number of benzene rings is 2. The van der Waals surface area contributed by atoms with Crippen molar-refractivity contribution >= 4 is 34.0 Å². The van der Waals surface area contributed by atoms with Gasteiger partial charge in [0.1, 0.15) is 10.8 Å². The van der Waals surface area contributed by atoms with Crippen LogP contribution in [0.25, 0.3) is 10.8 Å². The second-order valence-corrected chi connectivity index (χ2v) is 5.20. The molecule has 2 aromatic carbocycles. The number of halogens is 1. The van der Waals surface area contributed by atoms with Crippen molar-refractivity contribution in [2.75, 3.05) is 5.32 Å². The smallest absolute Gasteiger partial charge is 0.274 e. The molecule has 3 rings (SSSR count). The molecule has 0 saturated carbocycles. The summed E-state index contributed by atoms with van der Waals surface area (Å²) in [7, 11) is 0. The van der Waals surface area contributed by atoms with Crippen molar-refractivity contribution in [1.82, 2.24) is 4.98 Å². The summed E-state index contributed by atoms with van der Waals surface area (Å²) in [5.41, 5.74) is 2.13. The molecule has 0 aliphatic rings. The molecule has 4 heteroatoms. The quantitative estimate of drug-likeness (QED) is 0.710. The van der Waals surface area contributed by atoms with E-state index in [1.807, 2.05) is 55.5 Å². The Morgan fingerprint density at radius 3 is 2.71 bits per heavy atom. The zero-order valence-electron chi connectivity index (χ0n) is 11.4. The van der Waals surface area contributed by atoms with Gasteiger partial charge in [-0.2, -0.15) is 0 Å². The van der Waals surface area contributed by atoms with Crippen LogP contribution in [0, 0.1) is 6.92 Å². The molecule has 0 atom stereocenters. The second kappa shape index (κ2) is 5.54. The van der Waals surface area contributed by atoms with Crippen LogP contribution >= 0.6 is 11.6 Å². The number of carbonyl (C=O) groups excluding carboxylic acids is 1. The molecule has 0 spiro atoms. The topological polar surface area (TPSA) is 42.0 Å². The highest BCUT2D eigenvalue weighted by molar-refractivity contribution is 6.34. The van der Waals surface area contributed by atoms with Crippen molar-refractivity contribution in [3.63, 3.8) is 0 Å². The van der Waals surface area contributed by atoms with E-state index in [0.717, 1.165) is 22.0 Å². The van der Waals surface area contributed by atoms with Gasteiger partial charge in [-0.25, -0.2) is 4.98 Å². The van der Waals surface area contributed by atoms with Crippen molar-refractivity contribution in [3.05, 3.63) is 71.0 Å². The number of nitrogens with zero attached hydrogens (tertiary/aromatic N) is 1. The van der Waals surface area contributed by atoms with Crippen LogP contribution in [-0.2, 0) is 0 Å². The van der Waals surface area contributed by atoms with Crippen LogP contribution in [0.4, 0.5) is 5.69 Å². The molecule has 0 aliphatic heterocycles. The average molecular weight is 297 g/mol. The van der Waals surface area contributed by atoms with E-state index in [-0.39, 0.29) is 5.91 Å². The number of hydrogen-bond acceptors (Lipinski definition) is 2. The van der Waals surface area contributed by atoms with Crippen LogP contribution in [0.15, 0.2) is 54.6 Å². The predicted molar refractivity (Wildman–Crippen MR) is 85.9 cm³/mol. The number of aromatic nitrogens is 1. The Labute approximate surface area is 127 Å². The molecule has 1 N–H and O–H groups in total. The first kappa shape index (κ1) is 13.6. The number of anilines is 1. The van der Waals surface area contributed by atoms with Crippen LogP contribution in [0.1, 0.15) is 16.1 Å². The fraction of sp³-hybridized carbons (Fsp3) is 0.0588. The monoisotopic (exact) mass is 296 g/mol. The molecule has 0 saturated heterocycles. The molecule has 104 valence electrons. The number of rotatable bonds is 2. The first-order valence-electron chi connectivity index (χ1n) is 6.57. The van der Waals surface area contributed by atoms with Gasteiger partial charge in [0, 0.05) is 11.1 Å². The average Bonchev–Trinajstić information content (AvgIpc) is 2.47. The number of hydrogen-bond donors (Lipinski definition) is 1. The van der Waals surface area contributed by atoms with E-state index in [4.69, 9.17) is 11.6 Å². The number of pyridine rings is 1. The number of amides is 1. The van der Waals surface area contributed by atoms with Gasteiger partial charge in [-0.3, -0.25) is 4.79 Å². The Balaban J connectivity index is 1.94. The Hall–Kier alpha value is -2.39. The van der Waals surface area contributed by atoms with E-state index in [1.54, 1.807) is 6.07 Å². The fourth-order valence-electron chi connectivity index (χ4n) is 2.19. The van der Waals surface area contributed by atoms with Gasteiger partial charge < -0.3 is 5.32 Å². The molecule has 0 fully saturated rings. The Morgan fingerprint density at radius 2 is 1.90 bits per heavy atom. The maximum absolute atomic E-state index is 12.3. The molecule has 0 bridgehead atoms. The van der Waals surface area contributed by atoms with E-state index in [1.165, 1.54) is 0 Å². The molecular weight excluding hydrogens is 284 g/mol. The lowest BCUT2D eigenvalue weighted by Crippen LogP contribution is -2.13. The van der Waals surface area contributed by atoms with Crippen LogP contribution in [0.3, 0.4) is 0 Å². The molecule has 3 aromatic rings. The lowest BCUT2D eigenvalue weighted by molar-refractivity contribution is 0.102. The van der Waals surface area contributed by atoms with Gasteiger partial charge in [-0.15, -0.1) is 0 Å². The summed E-state index contributed by atoms with van der Waals surface area (Å²) in [5, 5.41) is 4.90. The zero-order valence-corrected chi connectivity index (χ0v) is 12.2. The maximum Gasteiger partial charge on any atom is 0.274 e. The minimum Gasteiger partial charge on any atom is -0.321 e. The molecule has 1 heterocycles. The highest BCUT2D eigenvalue weighted by Crippen LogP contribution is 2.22. The molecule has 0 unspecified atom stereocenters. The van der Waals surface area contributed by atoms with Crippen molar-refractivity contribution in [2.24, 2.45) is 0 Å². The zero-order chi connectivity index (χ0) is 14.8. The molecule has 0 aliphatic carbocycles. The van der Waals surface area contributed by atoms with Gasteiger partial charge in [0.2, 0.25) is 0 Å². The largest absolute Gasteiger partial charge is 0.321 e. The Morgan fingerprint density at radius 1 is 1.10 bits per heavy atom. The molecule has 0 radical (unpaired) electrons. The molecule has 1 amide bonds. The van der Waals surface area contributed by atoms with Gasteiger partial charge in [0.25, 0.3) is 5.91 Å². The lowest BCUT2D eigenvalue weighted by atomic mass is 10.1. The molecular formula is C17H13ClN2O. The van der Waals surface area contributed by atoms with Crippen molar-refractivity contribution in [3.8, 4) is 0 Å². The minimum atomic E-state index is -0.270. The summed E-state index contributed by atoms with van der Waals surface area (Å²) in [5.74, 6) is -0.270. The first-order chi connectivity index (χ1) is 10.1. The molecule has 21 heavy (non-hydrogen) atoms. The summed E-state index contributed by atoms with van der Waals surface area (Å²) in [6.07, 6.45) is 0. The SMILES string of the molecule is Cc1cccc(NC(=O)c2cc3ccccc3c(Cl)n2)c1. The van der Waals surface area contributed by atoms with E-state index in [0.29, 0.717) is 10.8 Å². The number of nitrogens with one attached hydrogen (secondary N) is 1. The number of aryl methyl sites for hydroxylation is 1. The summed E-state index contributed by atoms with van der Waals surface area (Å²) in [6, 6.07) is 16.9. The third kappa shape index (κ3) is 2.88. The van der Waals surface area contributed by atoms with E-state index in [9.17, 15) is 4.79 Å². The third-order valence-electron chi connectivity index (χ3n) is 3.20. The maximum atomic E-state index is 12.3. The predicted octanol–water partition coefficient (Wildman–Crippen LogP) is 4.45. The summed E-state index contributed by atoms with van der Waals surface area (Å²) < 4.78 is 0. The van der Waals surface area contributed by atoms with Crippen LogP contribution in [0.2, 0.25) is 5.15 Å². The lowest BCUT2D eigenvalue weighted by Gasteiger charge is -2.07. The Bertz CT molecular complexity index is 830. The number of carbonyl (C=O) groups is 1. The van der Waals surface area contributed by atoms with Crippen molar-refractivity contribution in [2.45, 2.75) is 6.92 Å². The van der Waals surface area contributed by atoms with Gasteiger partial charge >= 0.3 is 0 Å². The van der Waals surface area contributed by atoms with E-state index in [2.05, 4.69) is 10.3 Å². The fourth-order valence-corrected chi connectivity index (χ4v) is 2.45. The van der Waals surface area contributed by atoms with Gasteiger partial charge in [0.05, 0.1) is 0 Å². The third-order valence-corrected chi connectivity index (χ3v) is 3.49. The Kier molecular flexibility index (Phi) is 3.59. The first-order valence-corrected chi connectivity index (χ1v) is 6.94. The minimum absolute atomic E-state index is 0.270. The molecule has 3 nitrogen and oxygen atoms in total. The van der Waals surface area contributed by atoms with Gasteiger partial charge in [-0.1, -0.05) is 48.0 Å². The van der Waals surface area contributed by atoms with Crippen LogP contribution in [-0.4, -0.2) is 10.9 Å². The molecule has 1 aromatic heterocycles. The van der Waals surface area contributed by atoms with Crippen molar-refractivity contribution in [1.29, 1.82) is 0 Å². The summed E-state index contributed by atoms with van der Waals surface area (Å²) in [4.78, 5) is 16.5. The van der Waals surface area contributed by atoms with E-state index < -0.39 is 0 Å². The highest BCUT2D eigenvalue weighted by Gasteiger charge is 2.11. The van der Waals surface area contributed by atoms with E-state index >= 15 is 0 Å². The summed E-state index contributed by atoms with van der Waals surface area (Å²) >= 11 is 6.14. The number of fused-ring (bicyclic) bond motifs is 1. The standard InChI is InChI=1S/C17H13ClN2O/c1-11-5-4-7-13(9-11)19-17(21)15-10-12-6-2-3-8-14(12)16(18)20-15/h2-10H,1H3,(H,19,21). The highest BCUT2D eigenvalue weighted by atomic mass is 35.5. The van der Waals surface area contributed by atoms with Crippen LogP contribution < -0.4 is 5.32 Å². The second-order valence-electron chi connectivity index (χ2n) is 4.84. The van der Waals surface area contributed by atoms with Gasteiger partial charge in [-0.05, 0) is 36.1 Å². The van der Waals surface area contributed by atoms with Gasteiger partial charge in [0.15, 0.2) is 0 Å².